The monoisotopic (exact) mass is 499 g/mol. The first-order valence-electron chi connectivity index (χ1n) is 13.5. The lowest BCUT2D eigenvalue weighted by atomic mass is 9.62. The molecule has 0 radical (unpaired) electrons. The number of carbonyl (C=O) groups is 3. The van der Waals surface area contributed by atoms with E-state index in [0.29, 0.717) is 26.1 Å². The Balaban J connectivity index is 1.62. The van der Waals surface area contributed by atoms with E-state index in [0.717, 1.165) is 37.7 Å². The summed E-state index contributed by atoms with van der Waals surface area (Å²) in [6.45, 7) is 7.49. The Bertz CT molecular complexity index is 956. The molecule has 3 fully saturated rings. The number of unbranched alkanes of at least 4 members (excludes halogenated alkanes) is 3. The predicted molar refractivity (Wildman–Crippen MR) is 136 cm³/mol. The molecule has 3 saturated heterocycles. The van der Waals surface area contributed by atoms with Gasteiger partial charge >= 0.3 is 0 Å². The molecule has 36 heavy (non-hydrogen) atoms. The number of carbonyl (C=O) groups excluding carboxylic acids is 3. The fraction of sp³-hybridized carbons (Fsp3) is 0.679. The van der Waals surface area contributed by atoms with Gasteiger partial charge in [-0.3, -0.25) is 14.4 Å². The van der Waals surface area contributed by atoms with Crippen LogP contribution in [0.1, 0.15) is 64.9 Å². The number of nitrogens with one attached hydrogen (secondary N) is 2. The Hall–Kier alpha value is -2.45. The molecule has 2 bridgehead atoms. The highest BCUT2D eigenvalue weighted by atomic mass is 16.5. The Labute approximate surface area is 214 Å². The van der Waals surface area contributed by atoms with E-state index in [1.54, 1.807) is 4.90 Å². The van der Waals surface area contributed by atoms with Crippen LogP contribution in [0.25, 0.3) is 0 Å². The Morgan fingerprint density at radius 3 is 2.53 bits per heavy atom. The molecular formula is C28H41N3O5. The van der Waals surface area contributed by atoms with Gasteiger partial charge in [0.2, 0.25) is 17.7 Å². The Morgan fingerprint density at radius 1 is 1.11 bits per heavy atom. The molecular weight excluding hydrogens is 458 g/mol. The molecule has 3 unspecified atom stereocenters. The number of likely N-dealkylation sites (tertiary alicyclic amines) is 1. The highest BCUT2D eigenvalue weighted by Crippen LogP contribution is 2.65. The lowest BCUT2D eigenvalue weighted by Crippen LogP contribution is -2.55. The Morgan fingerprint density at radius 2 is 1.83 bits per heavy atom. The zero-order chi connectivity index (χ0) is 25.9. The van der Waals surface area contributed by atoms with Crippen LogP contribution >= 0.6 is 0 Å². The van der Waals surface area contributed by atoms with E-state index < -0.39 is 29.1 Å². The van der Waals surface area contributed by atoms with E-state index in [1.807, 2.05) is 44.2 Å². The fourth-order valence-corrected chi connectivity index (χ4v) is 6.67. The molecule has 6 atom stereocenters. The van der Waals surface area contributed by atoms with Crippen molar-refractivity contribution in [3.8, 4) is 0 Å². The second kappa shape index (κ2) is 10.9. The maximum Gasteiger partial charge on any atom is 0.246 e. The minimum Gasteiger partial charge on any atom is -0.396 e. The van der Waals surface area contributed by atoms with Crippen molar-refractivity contribution in [2.75, 3.05) is 19.7 Å². The summed E-state index contributed by atoms with van der Waals surface area (Å²) in [6.07, 6.45) is 4.56. The molecule has 3 heterocycles. The SMILES string of the molecule is CCCNC(=O)[C@@H]1[C@H]2C(=O)N(CCCCCCO)C(C(=O)NCc3ccccc3)C23CC(C)[C@@]1(C)O3. The molecule has 1 spiro atoms. The van der Waals surface area contributed by atoms with Crippen LogP contribution in [0, 0.1) is 17.8 Å². The second-order valence-electron chi connectivity index (χ2n) is 10.9. The first-order valence-corrected chi connectivity index (χ1v) is 13.5. The maximum absolute atomic E-state index is 14.0. The zero-order valence-electron chi connectivity index (χ0n) is 21.8. The van der Waals surface area contributed by atoms with Crippen molar-refractivity contribution in [2.24, 2.45) is 17.8 Å². The lowest BCUT2D eigenvalue weighted by molar-refractivity contribution is -0.147. The molecule has 1 aromatic carbocycles. The van der Waals surface area contributed by atoms with Crippen molar-refractivity contribution < 1.29 is 24.2 Å². The Kier molecular flexibility index (Phi) is 8.05. The van der Waals surface area contributed by atoms with Gasteiger partial charge in [-0.25, -0.2) is 0 Å². The van der Waals surface area contributed by atoms with Crippen LogP contribution in [-0.2, 0) is 25.7 Å². The lowest BCUT2D eigenvalue weighted by Gasteiger charge is -2.36. The molecule has 3 N–H and O–H groups in total. The van der Waals surface area contributed by atoms with Crippen LogP contribution in [0.2, 0.25) is 0 Å². The van der Waals surface area contributed by atoms with E-state index in [1.165, 1.54) is 0 Å². The third kappa shape index (κ3) is 4.54. The highest BCUT2D eigenvalue weighted by Gasteiger charge is 2.79. The molecule has 3 aliphatic rings. The minimum absolute atomic E-state index is 0.0351. The summed E-state index contributed by atoms with van der Waals surface area (Å²) in [5.74, 6) is -1.78. The number of aliphatic hydroxyl groups is 1. The zero-order valence-corrected chi connectivity index (χ0v) is 21.8. The number of aliphatic hydroxyl groups excluding tert-OH is 1. The number of hydrogen-bond donors (Lipinski definition) is 3. The van der Waals surface area contributed by atoms with Crippen molar-refractivity contribution in [3.05, 3.63) is 35.9 Å². The molecule has 3 amide bonds. The fourth-order valence-electron chi connectivity index (χ4n) is 6.67. The van der Waals surface area contributed by atoms with Gasteiger partial charge in [0.05, 0.1) is 17.4 Å². The third-order valence-electron chi connectivity index (χ3n) is 8.51. The number of rotatable bonds is 12. The van der Waals surface area contributed by atoms with E-state index in [9.17, 15) is 14.4 Å². The molecule has 1 aromatic rings. The largest absolute Gasteiger partial charge is 0.396 e. The predicted octanol–water partition coefficient (Wildman–Crippen LogP) is 2.39. The summed E-state index contributed by atoms with van der Waals surface area (Å²) in [7, 11) is 0. The maximum atomic E-state index is 14.0. The molecule has 8 nitrogen and oxygen atoms in total. The molecule has 0 saturated carbocycles. The first-order chi connectivity index (χ1) is 17.3. The summed E-state index contributed by atoms with van der Waals surface area (Å²) in [5, 5.41) is 15.1. The molecule has 4 rings (SSSR count). The normalized spacial score (nSPS) is 32.6. The number of hydrogen-bond acceptors (Lipinski definition) is 5. The minimum atomic E-state index is -1.01. The molecule has 8 heteroatoms. The van der Waals surface area contributed by atoms with Gasteiger partial charge in [0.15, 0.2) is 0 Å². The number of ether oxygens (including phenoxy) is 1. The summed E-state index contributed by atoms with van der Waals surface area (Å²) in [5.41, 5.74) is -0.817. The van der Waals surface area contributed by atoms with E-state index in [4.69, 9.17) is 9.84 Å². The van der Waals surface area contributed by atoms with Gasteiger partial charge in [-0.2, -0.15) is 0 Å². The van der Waals surface area contributed by atoms with Gasteiger partial charge in [-0.15, -0.1) is 0 Å². The summed E-state index contributed by atoms with van der Waals surface area (Å²) in [6, 6.07) is 8.92. The number of fused-ring (bicyclic) bond motifs is 1. The molecule has 0 aliphatic carbocycles. The van der Waals surface area contributed by atoms with Gasteiger partial charge in [-0.05, 0) is 44.1 Å². The van der Waals surface area contributed by atoms with Gasteiger partial charge in [0, 0.05) is 26.2 Å². The standard InChI is InChI=1S/C28H41N3O5/c1-4-14-29-24(33)21-22-26(35)31(15-10-5-6-11-16-32)23(28(22)17-19(2)27(21,3)36-28)25(34)30-18-20-12-8-7-9-13-20/h7-9,12-13,19,21-23,32H,4-6,10-11,14-18H2,1-3H3,(H,29,33)(H,30,34)/t19?,21-,22-,23?,27+,28?/m0/s1. The van der Waals surface area contributed by atoms with Crippen LogP contribution in [0.3, 0.4) is 0 Å². The third-order valence-corrected chi connectivity index (χ3v) is 8.51. The molecule has 3 aliphatic heterocycles. The van der Waals surface area contributed by atoms with Crippen molar-refractivity contribution in [2.45, 2.75) is 83.1 Å². The number of benzene rings is 1. The van der Waals surface area contributed by atoms with E-state index in [2.05, 4.69) is 17.6 Å². The van der Waals surface area contributed by atoms with Gasteiger partial charge in [0.25, 0.3) is 0 Å². The second-order valence-corrected chi connectivity index (χ2v) is 10.9. The molecule has 0 aromatic heterocycles. The average molecular weight is 500 g/mol. The van der Waals surface area contributed by atoms with Crippen molar-refractivity contribution in [1.29, 1.82) is 0 Å². The van der Waals surface area contributed by atoms with Gasteiger partial charge in [-0.1, -0.05) is 57.0 Å². The number of amides is 3. The van der Waals surface area contributed by atoms with Crippen molar-refractivity contribution in [3.63, 3.8) is 0 Å². The first kappa shape index (κ1) is 26.6. The molecule has 198 valence electrons. The van der Waals surface area contributed by atoms with Gasteiger partial charge in [0.1, 0.15) is 11.6 Å². The summed E-state index contributed by atoms with van der Waals surface area (Å²) in [4.78, 5) is 42.8. The van der Waals surface area contributed by atoms with E-state index in [-0.39, 0.29) is 30.2 Å². The topological polar surface area (TPSA) is 108 Å². The quantitative estimate of drug-likeness (QED) is 0.383. The van der Waals surface area contributed by atoms with Crippen molar-refractivity contribution in [1.82, 2.24) is 15.5 Å². The van der Waals surface area contributed by atoms with Crippen LogP contribution in [0.5, 0.6) is 0 Å². The van der Waals surface area contributed by atoms with Gasteiger partial charge < -0.3 is 25.4 Å². The van der Waals surface area contributed by atoms with Crippen molar-refractivity contribution >= 4 is 17.7 Å². The summed E-state index contributed by atoms with van der Waals surface area (Å²) >= 11 is 0. The van der Waals surface area contributed by atoms with E-state index >= 15 is 0 Å². The smallest absolute Gasteiger partial charge is 0.246 e. The highest BCUT2D eigenvalue weighted by molar-refractivity contribution is 5.99. The summed E-state index contributed by atoms with van der Waals surface area (Å²) < 4.78 is 6.71. The average Bonchev–Trinajstić information content (AvgIpc) is 3.38. The number of nitrogens with zero attached hydrogens (tertiary/aromatic N) is 1. The van der Waals surface area contributed by atoms with Crippen LogP contribution in [-0.4, -0.2) is 64.7 Å². The van der Waals surface area contributed by atoms with Crippen LogP contribution in [0.15, 0.2) is 30.3 Å². The van der Waals surface area contributed by atoms with Crippen LogP contribution in [0.4, 0.5) is 0 Å². The van der Waals surface area contributed by atoms with Crippen LogP contribution < -0.4 is 10.6 Å².